The third-order valence-electron chi connectivity index (χ3n) is 6.85. The monoisotopic (exact) mass is 456 g/mol. The van der Waals surface area contributed by atoms with Gasteiger partial charge in [-0.3, -0.25) is 4.79 Å². The Labute approximate surface area is 200 Å². The summed E-state index contributed by atoms with van der Waals surface area (Å²) in [7, 11) is 0. The van der Waals surface area contributed by atoms with E-state index in [1.807, 2.05) is 59.5 Å². The fourth-order valence-electron chi connectivity index (χ4n) is 5.00. The van der Waals surface area contributed by atoms with Crippen molar-refractivity contribution in [2.24, 2.45) is 11.8 Å². The first-order valence-electron chi connectivity index (χ1n) is 11.8. The molecule has 0 unspecified atom stereocenters. The predicted octanol–water partition coefficient (Wildman–Crippen LogP) is 6.64. The molecule has 4 heteroatoms. The van der Waals surface area contributed by atoms with Crippen LogP contribution in [0, 0.1) is 11.8 Å². The SMILES string of the molecule is O=C(c1ccc2ccccc2c1)N(C[C@H]1CNC[C@@H]1CC1=CCCC=C1)c1ccc(Cl)cc1. The van der Waals surface area contributed by atoms with Crippen molar-refractivity contribution < 1.29 is 4.79 Å². The Hall–Kier alpha value is -2.88. The molecule has 0 bridgehead atoms. The van der Waals surface area contributed by atoms with E-state index in [-0.39, 0.29) is 5.91 Å². The molecule has 0 saturated carbocycles. The van der Waals surface area contributed by atoms with Crippen LogP contribution in [0.15, 0.2) is 90.5 Å². The van der Waals surface area contributed by atoms with E-state index < -0.39 is 0 Å². The zero-order valence-corrected chi connectivity index (χ0v) is 19.5. The van der Waals surface area contributed by atoms with Crippen molar-refractivity contribution in [1.82, 2.24) is 5.32 Å². The molecule has 1 N–H and O–H groups in total. The first kappa shape index (κ1) is 21.9. The molecule has 5 rings (SSSR count). The first-order valence-corrected chi connectivity index (χ1v) is 12.2. The van der Waals surface area contributed by atoms with E-state index >= 15 is 0 Å². The molecule has 0 radical (unpaired) electrons. The van der Waals surface area contributed by atoms with Crippen LogP contribution in [0.2, 0.25) is 5.02 Å². The number of nitrogens with zero attached hydrogens (tertiary/aromatic N) is 1. The van der Waals surface area contributed by atoms with Gasteiger partial charge in [0.25, 0.3) is 5.91 Å². The standard InChI is InChI=1S/C29H29ClN2O/c30-27-12-14-28(15-13-27)32(29(33)24-11-10-22-8-4-5-9-23(22)17-24)20-26-19-31-18-25(26)16-21-6-2-1-3-7-21/h2,4-15,17,25-26,31H,1,3,16,18-20H2/t25-,26+/m0/s1. The van der Waals surface area contributed by atoms with Crippen LogP contribution in [0.4, 0.5) is 5.69 Å². The van der Waals surface area contributed by atoms with Crippen LogP contribution >= 0.6 is 11.6 Å². The van der Waals surface area contributed by atoms with Gasteiger partial charge in [-0.1, -0.05) is 65.7 Å². The second-order valence-electron chi connectivity index (χ2n) is 9.10. The van der Waals surface area contributed by atoms with E-state index in [1.54, 1.807) is 0 Å². The van der Waals surface area contributed by atoms with Gasteiger partial charge in [0.15, 0.2) is 0 Å². The highest BCUT2D eigenvalue weighted by molar-refractivity contribution is 6.30. The molecule has 0 spiro atoms. The van der Waals surface area contributed by atoms with Crippen LogP contribution in [0.5, 0.6) is 0 Å². The van der Waals surface area contributed by atoms with Gasteiger partial charge in [-0.25, -0.2) is 0 Å². The molecule has 1 saturated heterocycles. The Morgan fingerprint density at radius 2 is 1.73 bits per heavy atom. The molecule has 3 nitrogen and oxygen atoms in total. The highest BCUT2D eigenvalue weighted by Crippen LogP contribution is 2.30. The Kier molecular flexibility index (Phi) is 6.61. The second-order valence-corrected chi connectivity index (χ2v) is 9.53. The van der Waals surface area contributed by atoms with Crippen LogP contribution in [-0.2, 0) is 0 Å². The summed E-state index contributed by atoms with van der Waals surface area (Å²) in [6, 6.07) is 21.8. The topological polar surface area (TPSA) is 32.3 Å². The number of carbonyl (C=O) groups excluding carboxylic acids is 1. The molecule has 3 aromatic rings. The fourth-order valence-corrected chi connectivity index (χ4v) is 5.13. The first-order chi connectivity index (χ1) is 16.2. The van der Waals surface area contributed by atoms with Gasteiger partial charge >= 0.3 is 0 Å². The molecule has 33 heavy (non-hydrogen) atoms. The van der Waals surface area contributed by atoms with E-state index in [2.05, 4.69) is 35.7 Å². The number of hydrogen-bond acceptors (Lipinski definition) is 2. The lowest BCUT2D eigenvalue weighted by Gasteiger charge is -2.29. The number of anilines is 1. The van der Waals surface area contributed by atoms with Crippen molar-refractivity contribution in [3.8, 4) is 0 Å². The molecule has 168 valence electrons. The van der Waals surface area contributed by atoms with E-state index in [4.69, 9.17) is 11.6 Å². The quantitative estimate of drug-likeness (QED) is 0.450. The minimum atomic E-state index is 0.0329. The third-order valence-corrected chi connectivity index (χ3v) is 7.10. The van der Waals surface area contributed by atoms with Crippen molar-refractivity contribution in [3.63, 3.8) is 0 Å². The van der Waals surface area contributed by atoms with Gasteiger partial charge in [0, 0.05) is 22.8 Å². The number of nitrogens with one attached hydrogen (secondary N) is 1. The summed E-state index contributed by atoms with van der Waals surface area (Å²) in [5, 5.41) is 6.46. The molecule has 1 aliphatic carbocycles. The second kappa shape index (κ2) is 9.94. The van der Waals surface area contributed by atoms with Crippen molar-refractivity contribution in [2.75, 3.05) is 24.5 Å². The molecule has 2 aliphatic rings. The van der Waals surface area contributed by atoms with Gasteiger partial charge in [0.1, 0.15) is 0 Å². The summed E-state index contributed by atoms with van der Waals surface area (Å²) in [6.45, 7) is 2.60. The summed E-state index contributed by atoms with van der Waals surface area (Å²) in [5.74, 6) is 0.935. The fraction of sp³-hybridized carbons (Fsp3) is 0.276. The molecule has 2 atom stereocenters. The Morgan fingerprint density at radius 1 is 0.939 bits per heavy atom. The van der Waals surface area contributed by atoms with Crippen LogP contribution < -0.4 is 10.2 Å². The number of carbonyl (C=O) groups is 1. The number of rotatable bonds is 6. The maximum atomic E-state index is 13.8. The average molecular weight is 457 g/mol. The largest absolute Gasteiger partial charge is 0.316 e. The zero-order chi connectivity index (χ0) is 22.6. The normalized spacial score (nSPS) is 20.1. The third kappa shape index (κ3) is 5.05. The molecular formula is C29H29ClN2O. The number of halogens is 1. The number of amides is 1. The highest BCUT2D eigenvalue weighted by atomic mass is 35.5. The summed E-state index contributed by atoms with van der Waals surface area (Å²) in [4.78, 5) is 15.7. The lowest BCUT2D eigenvalue weighted by Crippen LogP contribution is -2.38. The minimum Gasteiger partial charge on any atom is -0.316 e. The molecule has 0 aromatic heterocycles. The zero-order valence-electron chi connectivity index (χ0n) is 18.7. The number of benzene rings is 3. The van der Waals surface area contributed by atoms with E-state index in [1.165, 1.54) is 5.57 Å². The van der Waals surface area contributed by atoms with Crippen molar-refractivity contribution in [2.45, 2.75) is 19.3 Å². The van der Waals surface area contributed by atoms with Crippen LogP contribution in [-0.4, -0.2) is 25.5 Å². The smallest absolute Gasteiger partial charge is 0.258 e. The maximum Gasteiger partial charge on any atom is 0.258 e. The summed E-state index contributed by atoms with van der Waals surface area (Å²) in [5.41, 5.74) is 3.03. The molecule has 1 heterocycles. The van der Waals surface area contributed by atoms with Gasteiger partial charge in [0.05, 0.1) is 0 Å². The van der Waals surface area contributed by atoms with Gasteiger partial charge in [0.2, 0.25) is 0 Å². The number of fused-ring (bicyclic) bond motifs is 1. The number of hydrogen-bond donors (Lipinski definition) is 1. The maximum absolute atomic E-state index is 13.8. The van der Waals surface area contributed by atoms with Gasteiger partial charge in [-0.15, -0.1) is 0 Å². The lowest BCUT2D eigenvalue weighted by molar-refractivity contribution is 0.0981. The predicted molar refractivity (Wildman–Crippen MR) is 138 cm³/mol. The summed E-state index contributed by atoms with van der Waals surface area (Å²) in [6.07, 6.45) is 10.2. The molecule has 1 amide bonds. The lowest BCUT2D eigenvalue weighted by atomic mass is 9.87. The van der Waals surface area contributed by atoms with Crippen molar-refractivity contribution in [3.05, 3.63) is 101 Å². The summed E-state index contributed by atoms with van der Waals surface area (Å²) < 4.78 is 0. The Balaban J connectivity index is 1.42. The van der Waals surface area contributed by atoms with E-state index in [9.17, 15) is 4.79 Å². The van der Waals surface area contributed by atoms with Crippen molar-refractivity contribution >= 4 is 34.0 Å². The highest BCUT2D eigenvalue weighted by Gasteiger charge is 2.31. The number of allylic oxidation sites excluding steroid dienone is 4. The minimum absolute atomic E-state index is 0.0329. The average Bonchev–Trinajstić information content (AvgIpc) is 3.29. The molecular weight excluding hydrogens is 428 g/mol. The molecule has 3 aromatic carbocycles. The van der Waals surface area contributed by atoms with Gasteiger partial charge < -0.3 is 10.2 Å². The van der Waals surface area contributed by atoms with Crippen LogP contribution in [0.1, 0.15) is 29.6 Å². The van der Waals surface area contributed by atoms with Gasteiger partial charge in [-0.2, -0.15) is 0 Å². The van der Waals surface area contributed by atoms with E-state index in [0.717, 1.165) is 48.8 Å². The Bertz CT molecular complexity index is 1200. The molecule has 1 fully saturated rings. The van der Waals surface area contributed by atoms with E-state index in [0.29, 0.717) is 29.0 Å². The van der Waals surface area contributed by atoms with Crippen LogP contribution in [0.25, 0.3) is 10.8 Å². The Morgan fingerprint density at radius 3 is 2.52 bits per heavy atom. The van der Waals surface area contributed by atoms with Gasteiger partial charge in [-0.05, 0) is 91.4 Å². The van der Waals surface area contributed by atoms with Crippen LogP contribution in [0.3, 0.4) is 0 Å². The molecule has 1 aliphatic heterocycles. The summed E-state index contributed by atoms with van der Waals surface area (Å²) >= 11 is 6.15. The van der Waals surface area contributed by atoms with Crippen molar-refractivity contribution in [1.29, 1.82) is 0 Å².